The minimum absolute atomic E-state index is 0.139. The lowest BCUT2D eigenvalue weighted by Gasteiger charge is -2.51. The second kappa shape index (κ2) is 9.94. The van der Waals surface area contributed by atoms with Crippen LogP contribution in [0.15, 0.2) is 103 Å². The summed E-state index contributed by atoms with van der Waals surface area (Å²) < 4.78 is 2.58. The van der Waals surface area contributed by atoms with Crippen LogP contribution in [0.4, 0.5) is 0 Å². The van der Waals surface area contributed by atoms with Crippen LogP contribution in [0.1, 0.15) is 102 Å². The van der Waals surface area contributed by atoms with Gasteiger partial charge in [0.25, 0.3) is 0 Å². The Kier molecular flexibility index (Phi) is 5.71. The largest absolute Gasteiger partial charge is 0.305 e. The van der Waals surface area contributed by atoms with Gasteiger partial charge < -0.3 is 4.40 Å². The Labute approximate surface area is 311 Å². The Hall–Kier alpha value is -5.02. The summed E-state index contributed by atoms with van der Waals surface area (Å²) >= 11 is 0. The van der Waals surface area contributed by atoms with Crippen molar-refractivity contribution in [2.24, 2.45) is 0 Å². The van der Waals surface area contributed by atoms with E-state index in [9.17, 15) is 0 Å². The van der Waals surface area contributed by atoms with Crippen LogP contribution in [0, 0.1) is 0 Å². The third-order valence-corrected chi connectivity index (χ3v) is 15.2. The molecule has 4 bridgehead atoms. The van der Waals surface area contributed by atoms with E-state index in [0.29, 0.717) is 0 Å². The predicted octanol–water partition coefficient (Wildman–Crippen LogP) is 12.8. The van der Waals surface area contributed by atoms with Crippen molar-refractivity contribution in [2.45, 2.75) is 101 Å². The summed E-state index contributed by atoms with van der Waals surface area (Å²) in [6.07, 6.45) is 14.3. The molecule has 0 aliphatic heterocycles. The molecule has 4 aromatic carbocycles. The molecule has 2 saturated carbocycles. The van der Waals surface area contributed by atoms with E-state index in [0.717, 1.165) is 0 Å². The summed E-state index contributed by atoms with van der Waals surface area (Å²) in [6.45, 7) is 10.0. The topological polar surface area (TPSA) is 30.2 Å². The Morgan fingerprint density at radius 2 is 0.792 bits per heavy atom. The Bertz CT molecular complexity index is 2640. The highest BCUT2D eigenvalue weighted by molar-refractivity contribution is 6.26. The van der Waals surface area contributed by atoms with E-state index in [1.165, 1.54) is 145 Å². The lowest BCUT2D eigenvalue weighted by molar-refractivity contribution is 0.184. The maximum atomic E-state index is 5.43. The minimum Gasteiger partial charge on any atom is -0.305 e. The zero-order chi connectivity index (χ0) is 35.5. The van der Waals surface area contributed by atoms with E-state index >= 15 is 0 Å². The SMILES string of the molecule is CC12CCC(C)(CC1)c1c2ncc2c1c1cc(-c3cc(-c4ccccc4)cc(-c4ccccc4)c3)cc3c4c5c(ncc4n2c13)C1(C)CCC5(C)CC1. The van der Waals surface area contributed by atoms with Gasteiger partial charge in [-0.3, -0.25) is 9.97 Å². The molecule has 0 unspecified atom stereocenters. The zero-order valence-corrected chi connectivity index (χ0v) is 31.3. The summed E-state index contributed by atoms with van der Waals surface area (Å²) in [4.78, 5) is 10.9. The first kappa shape index (κ1) is 30.4. The maximum absolute atomic E-state index is 5.43. The lowest BCUT2D eigenvalue weighted by Crippen LogP contribution is -2.45. The fourth-order valence-electron chi connectivity index (χ4n) is 11.8. The van der Waals surface area contributed by atoms with Gasteiger partial charge in [-0.1, -0.05) is 88.4 Å². The number of benzene rings is 4. The van der Waals surface area contributed by atoms with E-state index in [2.05, 4.69) is 135 Å². The van der Waals surface area contributed by atoms with Crippen molar-refractivity contribution in [3.63, 3.8) is 0 Å². The van der Waals surface area contributed by atoms with Gasteiger partial charge in [0.15, 0.2) is 0 Å². The van der Waals surface area contributed by atoms with Gasteiger partial charge in [0, 0.05) is 32.4 Å². The molecule has 0 spiro atoms. The van der Waals surface area contributed by atoms with Gasteiger partial charge in [0.1, 0.15) is 0 Å². The van der Waals surface area contributed by atoms with Gasteiger partial charge in [-0.25, -0.2) is 0 Å². The van der Waals surface area contributed by atoms with Crippen LogP contribution in [-0.4, -0.2) is 14.4 Å². The van der Waals surface area contributed by atoms with Crippen molar-refractivity contribution in [1.82, 2.24) is 14.4 Å². The standard InChI is InChI=1S/C50H45N3/c1-47-15-19-49(3,20-16-47)45-42(47)40-36-26-35(34-24-32(30-11-7-5-8-12-30)23-33(25-34)31-13-9-6-10-14-31)27-37-41-39(53(44(36)37)38(40)28-51-45)29-52-46-43(41)48(2)17-21-50(46,4)22-18-48/h5-14,23-29H,15-22H2,1-4H3. The minimum atomic E-state index is 0.139. The molecule has 53 heavy (non-hydrogen) atoms. The van der Waals surface area contributed by atoms with Gasteiger partial charge in [0.05, 0.1) is 40.3 Å². The van der Waals surface area contributed by atoms with Gasteiger partial charge in [-0.15, -0.1) is 0 Å². The average molecular weight is 688 g/mol. The number of pyridine rings is 2. The van der Waals surface area contributed by atoms with E-state index in [4.69, 9.17) is 9.97 Å². The van der Waals surface area contributed by atoms with E-state index in [1.54, 1.807) is 0 Å². The normalized spacial score (nSPS) is 27.3. The Balaban J connectivity index is 1.25. The number of nitrogens with zero attached hydrogens (tertiary/aromatic N) is 3. The first-order chi connectivity index (χ1) is 25.7. The molecule has 8 aromatic rings. The summed E-state index contributed by atoms with van der Waals surface area (Å²) in [5.74, 6) is 0. The molecule has 3 nitrogen and oxygen atoms in total. The third-order valence-electron chi connectivity index (χ3n) is 15.2. The van der Waals surface area contributed by atoms with Crippen LogP contribution >= 0.6 is 0 Å². The van der Waals surface area contributed by atoms with Crippen LogP contribution in [0.25, 0.3) is 71.5 Å². The summed E-state index contributed by atoms with van der Waals surface area (Å²) in [5, 5.41) is 5.65. The fourth-order valence-corrected chi connectivity index (χ4v) is 11.8. The first-order valence-electron chi connectivity index (χ1n) is 20.0. The van der Waals surface area contributed by atoms with Gasteiger partial charge >= 0.3 is 0 Å². The van der Waals surface area contributed by atoms with E-state index in [-0.39, 0.29) is 21.7 Å². The van der Waals surface area contributed by atoms with Gasteiger partial charge in [-0.05, 0) is 137 Å². The van der Waals surface area contributed by atoms with Crippen molar-refractivity contribution < 1.29 is 0 Å². The number of hydrogen-bond acceptors (Lipinski definition) is 2. The molecule has 4 heterocycles. The van der Waals surface area contributed by atoms with Crippen molar-refractivity contribution in [3.8, 4) is 33.4 Å². The molecule has 260 valence electrons. The number of aromatic nitrogens is 3. The predicted molar refractivity (Wildman–Crippen MR) is 219 cm³/mol. The fraction of sp³-hybridized carbons (Fsp3) is 0.320. The van der Waals surface area contributed by atoms with Crippen molar-refractivity contribution in [1.29, 1.82) is 0 Å². The van der Waals surface area contributed by atoms with Crippen LogP contribution in [0.2, 0.25) is 0 Å². The van der Waals surface area contributed by atoms with Crippen LogP contribution in [-0.2, 0) is 21.7 Å². The molecular formula is C50H45N3. The Morgan fingerprint density at radius 3 is 1.21 bits per heavy atom. The van der Waals surface area contributed by atoms with Crippen LogP contribution < -0.4 is 0 Å². The molecule has 0 radical (unpaired) electrons. The van der Waals surface area contributed by atoms with Crippen LogP contribution in [0.3, 0.4) is 0 Å². The number of fused-ring (bicyclic) bond motifs is 10. The first-order valence-corrected chi connectivity index (χ1v) is 20.0. The summed E-state index contributed by atoms with van der Waals surface area (Å²) in [5.41, 5.74) is 17.8. The molecule has 6 aliphatic rings. The van der Waals surface area contributed by atoms with E-state index in [1.807, 2.05) is 0 Å². The molecule has 3 heteroatoms. The zero-order valence-electron chi connectivity index (χ0n) is 31.3. The van der Waals surface area contributed by atoms with Gasteiger partial charge in [-0.2, -0.15) is 0 Å². The van der Waals surface area contributed by atoms with Crippen molar-refractivity contribution in [3.05, 3.63) is 126 Å². The van der Waals surface area contributed by atoms with Crippen molar-refractivity contribution >= 4 is 38.1 Å². The van der Waals surface area contributed by atoms with Gasteiger partial charge in [0.2, 0.25) is 0 Å². The van der Waals surface area contributed by atoms with E-state index < -0.39 is 0 Å². The second-order valence-electron chi connectivity index (χ2n) is 18.5. The maximum Gasteiger partial charge on any atom is 0.0728 e. The molecule has 0 saturated heterocycles. The third kappa shape index (κ3) is 3.86. The molecule has 6 aliphatic carbocycles. The quantitative estimate of drug-likeness (QED) is 0.185. The summed E-state index contributed by atoms with van der Waals surface area (Å²) in [7, 11) is 0. The van der Waals surface area contributed by atoms with Crippen molar-refractivity contribution in [2.75, 3.05) is 0 Å². The summed E-state index contributed by atoms with van der Waals surface area (Å²) in [6, 6.07) is 34.1. The molecule has 14 rings (SSSR count). The Morgan fingerprint density at radius 1 is 0.434 bits per heavy atom. The lowest BCUT2D eigenvalue weighted by atomic mass is 9.53. The average Bonchev–Trinajstić information content (AvgIpc) is 3.72. The molecular weight excluding hydrogens is 643 g/mol. The highest BCUT2D eigenvalue weighted by Crippen LogP contribution is 2.61. The highest BCUT2D eigenvalue weighted by atomic mass is 15.0. The molecule has 0 N–H and O–H groups in total. The molecule has 0 amide bonds. The highest BCUT2D eigenvalue weighted by Gasteiger charge is 2.52. The molecule has 2 fully saturated rings. The smallest absolute Gasteiger partial charge is 0.0728 e. The molecule has 4 aromatic heterocycles. The second-order valence-corrected chi connectivity index (χ2v) is 18.5. The monoisotopic (exact) mass is 687 g/mol. The number of rotatable bonds is 3. The van der Waals surface area contributed by atoms with Crippen LogP contribution in [0.5, 0.6) is 0 Å². The number of hydrogen-bond donors (Lipinski definition) is 0. The molecule has 0 atom stereocenters.